The van der Waals surface area contributed by atoms with Crippen LogP contribution in [-0.2, 0) is 10.0 Å². The van der Waals surface area contributed by atoms with Gasteiger partial charge in [0.15, 0.2) is 0 Å². The Kier molecular flexibility index (Phi) is 4.53. The van der Waals surface area contributed by atoms with Crippen molar-refractivity contribution in [2.75, 3.05) is 24.2 Å². The zero-order valence-corrected chi connectivity index (χ0v) is 12.7. The first-order valence-electron chi connectivity index (χ1n) is 6.31. The van der Waals surface area contributed by atoms with Crippen LogP contribution in [0.3, 0.4) is 0 Å². The number of hydrogen-bond acceptors (Lipinski definition) is 4. The van der Waals surface area contributed by atoms with Gasteiger partial charge in [0.2, 0.25) is 10.0 Å². The molecule has 0 unspecified atom stereocenters. The van der Waals surface area contributed by atoms with Crippen LogP contribution in [-0.4, -0.2) is 33.8 Å². The summed E-state index contributed by atoms with van der Waals surface area (Å²) in [5.41, 5.74) is 1.31. The van der Waals surface area contributed by atoms with Crippen molar-refractivity contribution in [3.8, 4) is 6.07 Å². The first-order chi connectivity index (χ1) is 9.39. The number of benzene rings is 1. The first kappa shape index (κ1) is 15.1. The van der Waals surface area contributed by atoms with E-state index < -0.39 is 10.0 Å². The number of anilines is 1. The molecule has 7 heteroatoms. The molecule has 0 saturated carbocycles. The van der Waals surface area contributed by atoms with Gasteiger partial charge in [0, 0.05) is 24.2 Å². The fraction of sp³-hybridized carbons (Fsp3) is 0.462. The molecular formula is C13H16ClN3O2S. The van der Waals surface area contributed by atoms with E-state index in [1.54, 1.807) is 12.1 Å². The summed E-state index contributed by atoms with van der Waals surface area (Å²) in [6.45, 7) is 1.36. The van der Waals surface area contributed by atoms with Crippen molar-refractivity contribution in [2.24, 2.45) is 0 Å². The number of sulfonamides is 1. The molecule has 0 aliphatic carbocycles. The fourth-order valence-electron chi connectivity index (χ4n) is 2.47. The van der Waals surface area contributed by atoms with Crippen LogP contribution >= 0.6 is 11.6 Å². The second kappa shape index (κ2) is 6.00. The molecule has 1 aromatic carbocycles. The largest absolute Gasteiger partial charge is 0.369 e. The zero-order chi connectivity index (χ0) is 14.8. The van der Waals surface area contributed by atoms with Crippen LogP contribution < -0.4 is 9.62 Å². The van der Waals surface area contributed by atoms with Crippen molar-refractivity contribution in [2.45, 2.75) is 18.9 Å². The predicted octanol–water partition coefficient (Wildman–Crippen LogP) is 1.73. The second-order valence-electron chi connectivity index (χ2n) is 4.95. The normalized spacial score (nSPS) is 19.6. The van der Waals surface area contributed by atoms with Crippen LogP contribution in [0.15, 0.2) is 18.2 Å². The minimum absolute atomic E-state index is 0.124. The summed E-state index contributed by atoms with van der Waals surface area (Å²) in [5.74, 6) is 0. The molecule has 1 fully saturated rings. The van der Waals surface area contributed by atoms with Crippen LogP contribution in [0.4, 0.5) is 5.69 Å². The van der Waals surface area contributed by atoms with Crippen molar-refractivity contribution >= 4 is 27.3 Å². The maximum Gasteiger partial charge on any atom is 0.209 e. The van der Waals surface area contributed by atoms with Crippen molar-refractivity contribution in [3.63, 3.8) is 0 Å². The number of rotatable bonds is 3. The maximum atomic E-state index is 11.3. The van der Waals surface area contributed by atoms with Crippen molar-refractivity contribution in [1.82, 2.24) is 4.72 Å². The van der Waals surface area contributed by atoms with Gasteiger partial charge in [0.1, 0.15) is 6.07 Å². The van der Waals surface area contributed by atoms with E-state index in [1.807, 2.05) is 11.0 Å². The number of halogens is 1. The number of hydrogen-bond donors (Lipinski definition) is 1. The highest BCUT2D eigenvalue weighted by molar-refractivity contribution is 7.88. The highest BCUT2D eigenvalue weighted by Gasteiger charge is 2.23. The van der Waals surface area contributed by atoms with Gasteiger partial charge in [-0.1, -0.05) is 11.6 Å². The van der Waals surface area contributed by atoms with Gasteiger partial charge < -0.3 is 4.90 Å². The molecule has 1 aliphatic rings. The lowest BCUT2D eigenvalue weighted by Crippen LogP contribution is -2.47. The zero-order valence-electron chi connectivity index (χ0n) is 11.1. The van der Waals surface area contributed by atoms with Crippen molar-refractivity contribution in [3.05, 3.63) is 28.8 Å². The third kappa shape index (κ3) is 3.85. The Morgan fingerprint density at radius 2 is 2.25 bits per heavy atom. The van der Waals surface area contributed by atoms with Crippen LogP contribution in [0, 0.1) is 11.3 Å². The molecule has 20 heavy (non-hydrogen) atoms. The summed E-state index contributed by atoms with van der Waals surface area (Å²) < 4.78 is 25.3. The van der Waals surface area contributed by atoms with E-state index in [1.165, 1.54) is 0 Å². The fourth-order valence-corrected chi connectivity index (χ4v) is 3.44. The van der Waals surface area contributed by atoms with Crippen molar-refractivity contribution < 1.29 is 8.42 Å². The van der Waals surface area contributed by atoms with Crippen LogP contribution in [0.25, 0.3) is 0 Å². The third-order valence-corrected chi connectivity index (χ3v) is 4.22. The van der Waals surface area contributed by atoms with Gasteiger partial charge in [-0.15, -0.1) is 0 Å². The monoisotopic (exact) mass is 313 g/mol. The molecule has 0 bridgehead atoms. The van der Waals surface area contributed by atoms with E-state index in [0.29, 0.717) is 17.1 Å². The highest BCUT2D eigenvalue weighted by atomic mass is 35.5. The Morgan fingerprint density at radius 1 is 1.50 bits per heavy atom. The van der Waals surface area contributed by atoms with E-state index in [2.05, 4.69) is 10.8 Å². The van der Waals surface area contributed by atoms with Crippen LogP contribution in [0.1, 0.15) is 18.4 Å². The standard InChI is InChI=1S/C13H16ClN3O2S/c1-20(18,19)16-12-3-2-6-17(9-12)13-5-4-11(14)7-10(13)8-15/h4-5,7,12,16H,2-3,6,9H2,1H3/t12-/m1/s1. The van der Waals surface area contributed by atoms with Gasteiger partial charge in [-0.2, -0.15) is 5.26 Å². The Labute approximate surface area is 124 Å². The Hall–Kier alpha value is -1.29. The van der Waals surface area contributed by atoms with Gasteiger partial charge >= 0.3 is 0 Å². The maximum absolute atomic E-state index is 11.3. The molecule has 1 heterocycles. The third-order valence-electron chi connectivity index (χ3n) is 3.22. The Balaban J connectivity index is 2.19. The second-order valence-corrected chi connectivity index (χ2v) is 7.16. The minimum atomic E-state index is -3.21. The van der Waals surface area contributed by atoms with E-state index >= 15 is 0 Å². The van der Waals surface area contributed by atoms with Gasteiger partial charge in [0.25, 0.3) is 0 Å². The summed E-state index contributed by atoms with van der Waals surface area (Å²) in [7, 11) is -3.21. The lowest BCUT2D eigenvalue weighted by molar-refractivity contribution is 0.467. The first-order valence-corrected chi connectivity index (χ1v) is 8.58. The van der Waals surface area contributed by atoms with E-state index in [4.69, 9.17) is 11.6 Å². The SMILES string of the molecule is CS(=O)(=O)N[C@@H]1CCCN(c2ccc(Cl)cc2C#N)C1. The molecule has 0 amide bonds. The lowest BCUT2D eigenvalue weighted by atomic mass is 10.0. The smallest absolute Gasteiger partial charge is 0.209 e. The van der Waals surface area contributed by atoms with Gasteiger partial charge in [0.05, 0.1) is 17.5 Å². The highest BCUT2D eigenvalue weighted by Crippen LogP contribution is 2.26. The average Bonchev–Trinajstić information content (AvgIpc) is 2.36. The molecule has 2 rings (SSSR count). The minimum Gasteiger partial charge on any atom is -0.369 e. The topological polar surface area (TPSA) is 73.2 Å². The molecule has 108 valence electrons. The predicted molar refractivity (Wildman–Crippen MR) is 79.4 cm³/mol. The molecule has 1 N–H and O–H groups in total. The molecule has 1 aliphatic heterocycles. The Morgan fingerprint density at radius 3 is 2.90 bits per heavy atom. The van der Waals surface area contributed by atoms with Crippen LogP contribution in [0.5, 0.6) is 0 Å². The lowest BCUT2D eigenvalue weighted by Gasteiger charge is -2.34. The van der Waals surface area contributed by atoms with Gasteiger partial charge in [-0.05, 0) is 31.0 Å². The number of piperidine rings is 1. The van der Waals surface area contributed by atoms with Gasteiger partial charge in [-0.3, -0.25) is 0 Å². The number of nitrogens with one attached hydrogen (secondary N) is 1. The number of nitrogens with zero attached hydrogens (tertiary/aromatic N) is 2. The molecule has 0 spiro atoms. The van der Waals surface area contributed by atoms with E-state index in [0.717, 1.165) is 31.3 Å². The molecule has 1 saturated heterocycles. The quantitative estimate of drug-likeness (QED) is 0.922. The molecule has 0 radical (unpaired) electrons. The number of nitriles is 1. The summed E-state index contributed by atoms with van der Waals surface area (Å²) in [5, 5.41) is 9.70. The Bertz CT molecular complexity index is 640. The van der Waals surface area contributed by atoms with Gasteiger partial charge in [-0.25, -0.2) is 13.1 Å². The summed E-state index contributed by atoms with van der Waals surface area (Å²) >= 11 is 5.89. The molecular weight excluding hydrogens is 298 g/mol. The molecule has 1 aromatic rings. The van der Waals surface area contributed by atoms with Crippen molar-refractivity contribution in [1.29, 1.82) is 5.26 Å². The molecule has 1 atom stereocenters. The van der Waals surface area contributed by atoms with E-state index in [-0.39, 0.29) is 6.04 Å². The van der Waals surface area contributed by atoms with Crippen LogP contribution in [0.2, 0.25) is 5.02 Å². The average molecular weight is 314 g/mol. The summed E-state index contributed by atoms with van der Waals surface area (Å²) in [6, 6.07) is 7.19. The summed E-state index contributed by atoms with van der Waals surface area (Å²) in [4.78, 5) is 2.03. The van der Waals surface area contributed by atoms with E-state index in [9.17, 15) is 13.7 Å². The summed E-state index contributed by atoms with van der Waals surface area (Å²) in [6.07, 6.45) is 2.84. The molecule has 5 nitrogen and oxygen atoms in total. The molecule has 0 aromatic heterocycles.